The number of furan rings is 1. The molecule has 0 saturated heterocycles. The molecule has 0 amide bonds. The zero-order valence-electron chi connectivity index (χ0n) is 35.6. The van der Waals surface area contributed by atoms with Crippen molar-refractivity contribution in [3.8, 4) is 67.5 Å². The van der Waals surface area contributed by atoms with E-state index in [-0.39, 0.29) is 69.1 Å². The number of benzene rings is 8. The molecule has 3 aromatic heterocycles. The maximum atomic E-state index is 9.71. The van der Waals surface area contributed by atoms with Crippen LogP contribution in [-0.4, -0.2) is 15.0 Å². The molecule has 8 aromatic carbocycles. The Morgan fingerprint density at radius 2 is 1.00 bits per heavy atom. The number of nitrogens with zero attached hydrogens (tertiary/aromatic N) is 3. The summed E-state index contributed by atoms with van der Waals surface area (Å²) in [7, 11) is 0. The van der Waals surface area contributed by atoms with Crippen molar-refractivity contribution >= 4 is 53.4 Å². The predicted molar refractivity (Wildman–Crippen MR) is 233 cm³/mol. The number of thiophene rings is 1. The average Bonchev–Trinajstić information content (AvgIpc) is 3.92. The molecule has 0 fully saturated rings. The molecule has 56 heavy (non-hydrogen) atoms. The zero-order valence-corrected chi connectivity index (χ0v) is 30.4. The molecular weight excluding hydrogens is 703 g/mol. The first-order chi connectivity index (χ1) is 30.3. The van der Waals surface area contributed by atoms with Gasteiger partial charge in [-0.3, -0.25) is 0 Å². The first kappa shape index (κ1) is 26.5. The maximum Gasteiger partial charge on any atom is 0.164 e. The van der Waals surface area contributed by atoms with Crippen molar-refractivity contribution in [3.05, 3.63) is 188 Å². The smallest absolute Gasteiger partial charge is 0.164 e. The highest BCUT2D eigenvalue weighted by molar-refractivity contribution is 7.26. The van der Waals surface area contributed by atoms with Crippen molar-refractivity contribution in [2.45, 2.75) is 0 Å². The minimum atomic E-state index is -0.421. The third-order valence-electron chi connectivity index (χ3n) is 10.1. The molecule has 11 aromatic rings. The minimum Gasteiger partial charge on any atom is -0.456 e. The van der Waals surface area contributed by atoms with Crippen molar-refractivity contribution < 1.29 is 12.6 Å². The summed E-state index contributed by atoms with van der Waals surface area (Å²) in [5, 5.41) is 2.26. The summed E-state index contributed by atoms with van der Waals surface area (Å²) >= 11 is 1.57. The van der Waals surface area contributed by atoms with Crippen LogP contribution >= 0.6 is 11.3 Å². The fourth-order valence-electron chi connectivity index (χ4n) is 7.41. The fraction of sp³-hybridized carbons (Fsp3) is 0. The third-order valence-corrected chi connectivity index (χ3v) is 11.3. The van der Waals surface area contributed by atoms with Gasteiger partial charge in [0, 0.05) is 47.6 Å². The zero-order chi connectivity index (χ0) is 42.2. The second-order valence-corrected chi connectivity index (χ2v) is 14.5. The molecule has 0 spiro atoms. The van der Waals surface area contributed by atoms with Gasteiger partial charge in [0.05, 0.1) is 8.22 Å². The summed E-state index contributed by atoms with van der Waals surface area (Å²) in [6.07, 6.45) is 0. The highest BCUT2D eigenvalue weighted by Crippen LogP contribution is 2.46. The van der Waals surface area contributed by atoms with E-state index in [2.05, 4.69) is 24.3 Å². The SMILES string of the molecule is [2H]c1c([2H])c(-c2nc(-c3ccccc3)nc(-c3ccc(-c4ccccc4)cc3)n2)c2c(oc3c([2H])c(-c4ccc(-c5ccccc5)c5c4sc4ccccc45)c([2H])c([2H])c32)c1[2H]. The summed E-state index contributed by atoms with van der Waals surface area (Å²) in [6, 6.07) is 47.7. The molecule has 262 valence electrons. The molecular formula is C51H31N3OS. The van der Waals surface area contributed by atoms with Gasteiger partial charge in [-0.2, -0.15) is 0 Å². The Morgan fingerprint density at radius 3 is 1.75 bits per heavy atom. The highest BCUT2D eigenvalue weighted by atomic mass is 32.1. The van der Waals surface area contributed by atoms with Crippen molar-refractivity contribution in [2.75, 3.05) is 0 Å². The molecule has 0 bridgehead atoms. The van der Waals surface area contributed by atoms with Crippen molar-refractivity contribution in [3.63, 3.8) is 0 Å². The second kappa shape index (κ2) is 13.3. The Labute approximate surface area is 335 Å². The standard InChI is InChI=1S/C51H31N3OS/c1-4-13-32(14-5-1)33-23-25-36(26-24-33)50-52-49(35-17-8-3-9-18-35)53-51(54-50)42-20-12-21-43-46(42)40-28-27-37(31-44(40)55-43)39-30-29-38(34-15-6-2-7-16-34)47-41-19-10-11-22-45(41)56-48(39)47/h1-31H/i12D,20D,21D,27D,28D,31D. The first-order valence-corrected chi connectivity index (χ1v) is 19.0. The summed E-state index contributed by atoms with van der Waals surface area (Å²) in [5.74, 6) is 0.677. The molecule has 4 nitrogen and oxygen atoms in total. The van der Waals surface area contributed by atoms with E-state index in [4.69, 9.17) is 22.1 Å². The van der Waals surface area contributed by atoms with E-state index in [9.17, 15) is 5.48 Å². The molecule has 3 heterocycles. The highest BCUT2D eigenvalue weighted by Gasteiger charge is 2.20. The Balaban J connectivity index is 1.16. The van der Waals surface area contributed by atoms with Gasteiger partial charge in [0.1, 0.15) is 11.2 Å². The van der Waals surface area contributed by atoms with Gasteiger partial charge in [0.15, 0.2) is 17.5 Å². The van der Waals surface area contributed by atoms with E-state index < -0.39 is 6.04 Å². The quantitative estimate of drug-likeness (QED) is 0.170. The molecule has 5 heteroatoms. The number of hydrogen-bond donors (Lipinski definition) is 0. The monoisotopic (exact) mass is 739 g/mol. The van der Waals surface area contributed by atoms with Gasteiger partial charge in [-0.1, -0.05) is 164 Å². The van der Waals surface area contributed by atoms with Gasteiger partial charge in [-0.15, -0.1) is 11.3 Å². The molecule has 0 aliphatic rings. The lowest BCUT2D eigenvalue weighted by molar-refractivity contribution is 0.669. The van der Waals surface area contributed by atoms with Crippen LogP contribution in [0.4, 0.5) is 0 Å². The summed E-state index contributed by atoms with van der Waals surface area (Å²) < 4.78 is 64.6. The molecule has 11 rings (SSSR count). The molecule has 0 atom stereocenters. The van der Waals surface area contributed by atoms with Gasteiger partial charge < -0.3 is 4.42 Å². The molecule has 0 radical (unpaired) electrons. The summed E-state index contributed by atoms with van der Waals surface area (Å²) in [4.78, 5) is 14.7. The Hall–Kier alpha value is -7.21. The second-order valence-electron chi connectivity index (χ2n) is 13.5. The van der Waals surface area contributed by atoms with Gasteiger partial charge in [0.25, 0.3) is 0 Å². The normalized spacial score (nSPS) is 13.1. The van der Waals surface area contributed by atoms with E-state index in [0.717, 1.165) is 42.4 Å². The Morgan fingerprint density at radius 1 is 0.411 bits per heavy atom. The molecule has 0 unspecified atom stereocenters. The topological polar surface area (TPSA) is 51.8 Å². The van der Waals surface area contributed by atoms with Gasteiger partial charge >= 0.3 is 0 Å². The average molecular weight is 740 g/mol. The van der Waals surface area contributed by atoms with E-state index in [1.165, 1.54) is 0 Å². The summed E-state index contributed by atoms with van der Waals surface area (Å²) in [6.45, 7) is 0. The van der Waals surface area contributed by atoms with Gasteiger partial charge in [-0.05, 0) is 57.6 Å². The maximum absolute atomic E-state index is 9.71. The lowest BCUT2D eigenvalue weighted by Gasteiger charge is -2.10. The van der Waals surface area contributed by atoms with E-state index >= 15 is 0 Å². The fourth-order valence-corrected chi connectivity index (χ4v) is 8.66. The van der Waals surface area contributed by atoms with Crippen LogP contribution in [-0.2, 0) is 0 Å². The molecule has 0 aliphatic carbocycles. The number of aromatic nitrogens is 3. The molecule has 0 aliphatic heterocycles. The number of fused-ring (bicyclic) bond motifs is 6. The largest absolute Gasteiger partial charge is 0.456 e. The summed E-state index contributed by atoms with van der Waals surface area (Å²) in [5.41, 5.74) is 6.29. The third kappa shape index (κ3) is 5.48. The Bertz CT molecular complexity index is 3580. The minimum absolute atomic E-state index is 0.0220. The van der Waals surface area contributed by atoms with Gasteiger partial charge in [-0.25, -0.2) is 15.0 Å². The van der Waals surface area contributed by atoms with Crippen LogP contribution in [0.1, 0.15) is 8.22 Å². The Kier molecular flexibility index (Phi) is 6.29. The predicted octanol–water partition coefficient (Wildman–Crippen LogP) is 14.1. The van der Waals surface area contributed by atoms with Crippen LogP contribution in [0.15, 0.2) is 192 Å². The van der Waals surface area contributed by atoms with Crippen molar-refractivity contribution in [1.29, 1.82) is 0 Å². The van der Waals surface area contributed by atoms with Crippen molar-refractivity contribution in [1.82, 2.24) is 15.0 Å². The van der Waals surface area contributed by atoms with Gasteiger partial charge in [0.2, 0.25) is 0 Å². The van der Waals surface area contributed by atoms with Crippen molar-refractivity contribution in [2.24, 2.45) is 0 Å². The van der Waals surface area contributed by atoms with E-state index in [1.807, 2.05) is 127 Å². The number of hydrogen-bond acceptors (Lipinski definition) is 5. The van der Waals surface area contributed by atoms with Crippen LogP contribution in [0.2, 0.25) is 0 Å². The van der Waals surface area contributed by atoms with Crippen LogP contribution < -0.4 is 0 Å². The van der Waals surface area contributed by atoms with Crippen LogP contribution in [0.3, 0.4) is 0 Å². The van der Waals surface area contributed by atoms with Crippen LogP contribution in [0.25, 0.3) is 110 Å². The van der Waals surface area contributed by atoms with E-state index in [0.29, 0.717) is 28.3 Å². The number of rotatable bonds is 6. The van der Waals surface area contributed by atoms with Crippen LogP contribution in [0, 0.1) is 0 Å². The molecule has 0 saturated carbocycles. The van der Waals surface area contributed by atoms with Crippen LogP contribution in [0.5, 0.6) is 0 Å². The lowest BCUT2D eigenvalue weighted by Crippen LogP contribution is -2.00. The van der Waals surface area contributed by atoms with E-state index in [1.54, 1.807) is 11.3 Å². The molecule has 0 N–H and O–H groups in total. The first-order valence-electron chi connectivity index (χ1n) is 21.2. The lowest BCUT2D eigenvalue weighted by atomic mass is 9.94.